The molecule has 1 unspecified atom stereocenters. The van der Waals surface area contributed by atoms with Gasteiger partial charge in [-0.25, -0.2) is 4.39 Å². The van der Waals surface area contributed by atoms with Crippen LogP contribution in [0.1, 0.15) is 18.4 Å². The summed E-state index contributed by atoms with van der Waals surface area (Å²) in [5.41, 5.74) is 0.751. The lowest BCUT2D eigenvalue weighted by Crippen LogP contribution is -2.43. The van der Waals surface area contributed by atoms with Gasteiger partial charge in [-0.15, -0.1) is 0 Å². The van der Waals surface area contributed by atoms with E-state index in [1.54, 1.807) is 12.1 Å². The molecule has 0 bridgehead atoms. The molecule has 0 spiro atoms. The van der Waals surface area contributed by atoms with Gasteiger partial charge in [-0.05, 0) is 50.0 Å². The van der Waals surface area contributed by atoms with Crippen LogP contribution in [-0.4, -0.2) is 37.5 Å². The molecule has 1 aliphatic heterocycles. The van der Waals surface area contributed by atoms with Crippen LogP contribution < -0.4 is 5.32 Å². The first kappa shape index (κ1) is 14.0. The standard InChI is InChI=1S/C15H21FN2O/c1-17-10-13-5-3-7-18(11-13)15(19)9-12-4-2-6-14(16)8-12/h2,4,6,8,13,17H,3,5,7,9-11H2,1H3. The maximum Gasteiger partial charge on any atom is 0.227 e. The van der Waals surface area contributed by atoms with Gasteiger partial charge in [-0.3, -0.25) is 4.79 Å². The van der Waals surface area contributed by atoms with Gasteiger partial charge in [0.1, 0.15) is 5.82 Å². The summed E-state index contributed by atoms with van der Waals surface area (Å²) in [7, 11) is 1.94. The topological polar surface area (TPSA) is 32.3 Å². The van der Waals surface area contributed by atoms with Crippen LogP contribution in [0, 0.1) is 11.7 Å². The minimum Gasteiger partial charge on any atom is -0.342 e. The van der Waals surface area contributed by atoms with Crippen molar-refractivity contribution in [3.63, 3.8) is 0 Å². The van der Waals surface area contributed by atoms with E-state index in [0.29, 0.717) is 12.3 Å². The van der Waals surface area contributed by atoms with Crippen molar-refractivity contribution in [3.8, 4) is 0 Å². The van der Waals surface area contributed by atoms with Gasteiger partial charge in [-0.2, -0.15) is 0 Å². The summed E-state index contributed by atoms with van der Waals surface area (Å²) in [6, 6.07) is 6.29. The Balaban J connectivity index is 1.92. The van der Waals surface area contributed by atoms with Crippen LogP contribution in [0.2, 0.25) is 0 Å². The van der Waals surface area contributed by atoms with Crippen LogP contribution in [0.3, 0.4) is 0 Å². The third-order valence-corrected chi connectivity index (χ3v) is 3.61. The van der Waals surface area contributed by atoms with Gasteiger partial charge in [0.2, 0.25) is 5.91 Å². The third kappa shape index (κ3) is 4.03. The average Bonchev–Trinajstić information content (AvgIpc) is 2.39. The molecule has 1 saturated heterocycles. The van der Waals surface area contributed by atoms with Crippen LogP contribution in [0.4, 0.5) is 4.39 Å². The van der Waals surface area contributed by atoms with Gasteiger partial charge in [0.05, 0.1) is 6.42 Å². The zero-order valence-corrected chi connectivity index (χ0v) is 11.4. The number of hydrogen-bond donors (Lipinski definition) is 1. The van der Waals surface area contributed by atoms with Crippen LogP contribution in [-0.2, 0) is 11.2 Å². The second kappa shape index (κ2) is 6.66. The monoisotopic (exact) mass is 264 g/mol. The Morgan fingerprint density at radius 2 is 2.37 bits per heavy atom. The normalized spacial score (nSPS) is 19.5. The first-order valence-corrected chi connectivity index (χ1v) is 6.86. The quantitative estimate of drug-likeness (QED) is 0.900. The Bertz CT molecular complexity index is 434. The fourth-order valence-electron chi connectivity index (χ4n) is 2.68. The molecule has 0 radical (unpaired) electrons. The lowest BCUT2D eigenvalue weighted by atomic mass is 9.97. The number of rotatable bonds is 4. The van der Waals surface area contributed by atoms with Gasteiger partial charge in [0.15, 0.2) is 0 Å². The van der Waals surface area contributed by atoms with Crippen LogP contribution in [0.5, 0.6) is 0 Å². The predicted octanol–water partition coefficient (Wildman–Crippen LogP) is 1.83. The van der Waals surface area contributed by atoms with E-state index in [4.69, 9.17) is 0 Å². The number of halogens is 1. The summed E-state index contributed by atoms with van der Waals surface area (Å²) >= 11 is 0. The lowest BCUT2D eigenvalue weighted by Gasteiger charge is -2.32. The van der Waals surface area contributed by atoms with Crippen LogP contribution in [0.25, 0.3) is 0 Å². The Morgan fingerprint density at radius 1 is 1.53 bits per heavy atom. The van der Waals surface area contributed by atoms with Crippen molar-refractivity contribution in [2.24, 2.45) is 5.92 Å². The molecule has 1 fully saturated rings. The number of likely N-dealkylation sites (tertiary alicyclic amines) is 1. The third-order valence-electron chi connectivity index (χ3n) is 3.61. The molecule has 19 heavy (non-hydrogen) atoms. The summed E-state index contributed by atoms with van der Waals surface area (Å²) in [5, 5.41) is 3.17. The maximum absolute atomic E-state index is 13.1. The van der Waals surface area contributed by atoms with E-state index >= 15 is 0 Å². The van der Waals surface area contributed by atoms with Gasteiger partial charge >= 0.3 is 0 Å². The number of amides is 1. The molecule has 0 aromatic heterocycles. The highest BCUT2D eigenvalue weighted by atomic mass is 19.1. The Morgan fingerprint density at radius 3 is 3.11 bits per heavy atom. The molecular weight excluding hydrogens is 243 g/mol. The van der Waals surface area contributed by atoms with Crippen molar-refractivity contribution in [3.05, 3.63) is 35.6 Å². The molecule has 104 valence electrons. The molecule has 0 aliphatic carbocycles. The molecule has 1 heterocycles. The van der Waals surface area contributed by atoms with E-state index in [2.05, 4.69) is 5.32 Å². The molecule has 1 aliphatic rings. The fraction of sp³-hybridized carbons (Fsp3) is 0.533. The number of benzene rings is 1. The Kier molecular flexibility index (Phi) is 4.91. The van der Waals surface area contributed by atoms with Crippen molar-refractivity contribution in [2.75, 3.05) is 26.7 Å². The number of nitrogens with zero attached hydrogens (tertiary/aromatic N) is 1. The highest BCUT2D eigenvalue weighted by Crippen LogP contribution is 2.17. The van der Waals surface area contributed by atoms with E-state index in [0.717, 1.165) is 31.6 Å². The molecule has 0 saturated carbocycles. The highest BCUT2D eigenvalue weighted by molar-refractivity contribution is 5.78. The number of hydrogen-bond acceptors (Lipinski definition) is 2. The molecule has 2 rings (SSSR count). The minimum absolute atomic E-state index is 0.103. The largest absolute Gasteiger partial charge is 0.342 e. The van der Waals surface area contributed by atoms with E-state index in [1.807, 2.05) is 11.9 Å². The number of piperidine rings is 1. The van der Waals surface area contributed by atoms with E-state index < -0.39 is 0 Å². The second-order valence-corrected chi connectivity index (χ2v) is 5.21. The average molecular weight is 264 g/mol. The Labute approximate surface area is 113 Å². The number of nitrogens with one attached hydrogen (secondary N) is 1. The van der Waals surface area contributed by atoms with E-state index in [-0.39, 0.29) is 11.7 Å². The van der Waals surface area contributed by atoms with Gasteiger partial charge in [-0.1, -0.05) is 12.1 Å². The summed E-state index contributed by atoms with van der Waals surface area (Å²) < 4.78 is 13.1. The summed E-state index contributed by atoms with van der Waals surface area (Å²) in [5.74, 6) is 0.360. The van der Waals surface area contributed by atoms with Gasteiger partial charge in [0, 0.05) is 13.1 Å². The molecule has 1 N–H and O–H groups in total. The molecule has 1 aromatic carbocycles. The smallest absolute Gasteiger partial charge is 0.227 e. The van der Waals surface area contributed by atoms with Crippen LogP contribution >= 0.6 is 0 Å². The van der Waals surface area contributed by atoms with Crippen molar-refractivity contribution in [1.82, 2.24) is 10.2 Å². The first-order chi connectivity index (χ1) is 9.19. The van der Waals surface area contributed by atoms with Crippen molar-refractivity contribution in [2.45, 2.75) is 19.3 Å². The fourth-order valence-corrected chi connectivity index (χ4v) is 2.68. The van der Waals surface area contributed by atoms with Gasteiger partial charge < -0.3 is 10.2 Å². The molecular formula is C15H21FN2O. The van der Waals surface area contributed by atoms with E-state index in [9.17, 15) is 9.18 Å². The zero-order valence-electron chi connectivity index (χ0n) is 11.4. The molecule has 1 amide bonds. The minimum atomic E-state index is -0.281. The molecule has 3 nitrogen and oxygen atoms in total. The highest BCUT2D eigenvalue weighted by Gasteiger charge is 2.23. The van der Waals surface area contributed by atoms with Crippen molar-refractivity contribution >= 4 is 5.91 Å². The lowest BCUT2D eigenvalue weighted by molar-refractivity contribution is -0.132. The first-order valence-electron chi connectivity index (χ1n) is 6.86. The summed E-state index contributed by atoms with van der Waals surface area (Å²) in [4.78, 5) is 14.1. The SMILES string of the molecule is CNCC1CCCN(C(=O)Cc2cccc(F)c2)C1. The maximum atomic E-state index is 13.1. The molecule has 4 heteroatoms. The summed E-state index contributed by atoms with van der Waals surface area (Å²) in [6.07, 6.45) is 2.52. The predicted molar refractivity (Wildman–Crippen MR) is 73.3 cm³/mol. The number of carbonyl (C=O) groups excluding carboxylic acids is 1. The molecule has 1 atom stereocenters. The Hall–Kier alpha value is -1.42. The van der Waals surface area contributed by atoms with Crippen LogP contribution in [0.15, 0.2) is 24.3 Å². The number of carbonyl (C=O) groups is 1. The summed E-state index contributed by atoms with van der Waals surface area (Å²) in [6.45, 7) is 2.59. The van der Waals surface area contributed by atoms with Crippen molar-refractivity contribution in [1.29, 1.82) is 0 Å². The van der Waals surface area contributed by atoms with E-state index in [1.165, 1.54) is 18.6 Å². The second-order valence-electron chi connectivity index (χ2n) is 5.21. The zero-order chi connectivity index (χ0) is 13.7. The molecule has 1 aromatic rings. The van der Waals surface area contributed by atoms with Crippen molar-refractivity contribution < 1.29 is 9.18 Å². The van der Waals surface area contributed by atoms with Gasteiger partial charge in [0.25, 0.3) is 0 Å².